The maximum absolute atomic E-state index is 11.1. The van der Waals surface area contributed by atoms with Gasteiger partial charge in [-0.25, -0.2) is 0 Å². The zero-order chi connectivity index (χ0) is 13.8. The molecule has 1 aliphatic carbocycles. The predicted octanol–water partition coefficient (Wildman–Crippen LogP) is 1.90. The Morgan fingerprint density at radius 1 is 1.53 bits per heavy atom. The van der Waals surface area contributed by atoms with E-state index in [1.54, 1.807) is 0 Å². The van der Waals surface area contributed by atoms with Crippen molar-refractivity contribution in [1.82, 2.24) is 5.32 Å². The summed E-state index contributed by atoms with van der Waals surface area (Å²) in [6.45, 7) is 3.75. The fraction of sp³-hybridized carbons (Fsp3) is 0.500. The highest BCUT2D eigenvalue weighted by Crippen LogP contribution is 2.26. The number of amides is 1. The molecule has 0 spiro atoms. The van der Waals surface area contributed by atoms with Crippen LogP contribution >= 0.6 is 11.6 Å². The largest absolute Gasteiger partial charge is 0.368 e. The van der Waals surface area contributed by atoms with Crippen molar-refractivity contribution in [3.8, 4) is 0 Å². The van der Waals surface area contributed by atoms with Gasteiger partial charge < -0.3 is 16.0 Å². The van der Waals surface area contributed by atoms with Gasteiger partial charge in [0.2, 0.25) is 5.91 Å². The molecule has 19 heavy (non-hydrogen) atoms. The summed E-state index contributed by atoms with van der Waals surface area (Å²) in [5.74, 6) is -0.321. The van der Waals surface area contributed by atoms with Crippen LogP contribution in [0.4, 0.5) is 5.69 Å². The number of likely N-dealkylation sites (N-methyl/N-ethyl adjacent to an activating group) is 1. The van der Waals surface area contributed by atoms with Gasteiger partial charge in [0.1, 0.15) is 0 Å². The lowest BCUT2D eigenvalue weighted by Crippen LogP contribution is -2.34. The minimum absolute atomic E-state index is 0.231. The van der Waals surface area contributed by atoms with Crippen LogP contribution in [0.25, 0.3) is 0 Å². The third-order valence-corrected chi connectivity index (χ3v) is 3.50. The van der Waals surface area contributed by atoms with Crippen LogP contribution in [0.3, 0.4) is 0 Å². The molecule has 3 N–H and O–H groups in total. The molecule has 4 nitrogen and oxygen atoms in total. The second-order valence-corrected chi connectivity index (χ2v) is 5.35. The molecule has 0 radical (unpaired) electrons. The number of hydrogen-bond acceptors (Lipinski definition) is 3. The van der Waals surface area contributed by atoms with E-state index in [-0.39, 0.29) is 12.5 Å². The molecule has 1 aromatic rings. The molecule has 2 rings (SSSR count). The molecule has 1 aromatic carbocycles. The van der Waals surface area contributed by atoms with Crippen LogP contribution in [0.2, 0.25) is 5.02 Å². The topological polar surface area (TPSA) is 58.4 Å². The van der Waals surface area contributed by atoms with Crippen LogP contribution in [-0.2, 0) is 11.3 Å². The number of anilines is 1. The molecule has 104 valence electrons. The van der Waals surface area contributed by atoms with Gasteiger partial charge in [0.05, 0.1) is 6.54 Å². The van der Waals surface area contributed by atoms with Crippen molar-refractivity contribution in [2.75, 3.05) is 18.0 Å². The van der Waals surface area contributed by atoms with E-state index in [1.807, 2.05) is 30.0 Å². The van der Waals surface area contributed by atoms with Crippen LogP contribution in [0.5, 0.6) is 0 Å². The highest BCUT2D eigenvalue weighted by atomic mass is 35.5. The number of benzene rings is 1. The van der Waals surface area contributed by atoms with Crippen molar-refractivity contribution >= 4 is 23.2 Å². The highest BCUT2D eigenvalue weighted by Gasteiger charge is 2.21. The van der Waals surface area contributed by atoms with Gasteiger partial charge in [0, 0.05) is 29.8 Å². The first-order chi connectivity index (χ1) is 9.10. The lowest BCUT2D eigenvalue weighted by atomic mass is 10.1. The Labute approximate surface area is 118 Å². The molecule has 1 amide bonds. The van der Waals surface area contributed by atoms with Gasteiger partial charge in [0.15, 0.2) is 0 Å². The smallest absolute Gasteiger partial charge is 0.236 e. The molecule has 1 saturated carbocycles. The van der Waals surface area contributed by atoms with Crippen molar-refractivity contribution in [1.29, 1.82) is 0 Å². The number of carbonyl (C=O) groups is 1. The van der Waals surface area contributed by atoms with Crippen LogP contribution in [-0.4, -0.2) is 25.0 Å². The summed E-state index contributed by atoms with van der Waals surface area (Å²) in [5, 5.41) is 4.19. The van der Waals surface area contributed by atoms with E-state index in [1.165, 1.54) is 12.8 Å². The number of hydrogen-bond donors (Lipinski definition) is 2. The number of primary amides is 1. The van der Waals surface area contributed by atoms with E-state index in [9.17, 15) is 4.79 Å². The fourth-order valence-electron chi connectivity index (χ4n) is 2.10. The normalized spacial score (nSPS) is 14.4. The zero-order valence-electron chi connectivity index (χ0n) is 11.2. The Hall–Kier alpha value is -1.26. The fourth-order valence-corrected chi connectivity index (χ4v) is 2.30. The van der Waals surface area contributed by atoms with Gasteiger partial charge in [-0.3, -0.25) is 4.79 Å². The molecule has 0 aromatic heterocycles. The van der Waals surface area contributed by atoms with Crippen molar-refractivity contribution in [3.63, 3.8) is 0 Å². The third-order valence-electron chi connectivity index (χ3n) is 3.27. The number of nitrogens with two attached hydrogens (primary N) is 1. The van der Waals surface area contributed by atoms with Crippen molar-refractivity contribution in [3.05, 3.63) is 28.8 Å². The van der Waals surface area contributed by atoms with E-state index in [0.717, 1.165) is 24.3 Å². The Morgan fingerprint density at radius 3 is 2.84 bits per heavy atom. The predicted molar refractivity (Wildman–Crippen MR) is 78.4 cm³/mol. The summed E-state index contributed by atoms with van der Waals surface area (Å²) in [7, 11) is 0. The van der Waals surface area contributed by atoms with Gasteiger partial charge in [0.25, 0.3) is 0 Å². The molecular formula is C14H20ClN3O. The molecule has 5 heteroatoms. The van der Waals surface area contributed by atoms with E-state index in [4.69, 9.17) is 17.3 Å². The number of rotatable bonds is 7. The van der Waals surface area contributed by atoms with E-state index < -0.39 is 0 Å². The van der Waals surface area contributed by atoms with Crippen molar-refractivity contribution < 1.29 is 4.79 Å². The average Bonchev–Trinajstić information content (AvgIpc) is 3.18. The highest BCUT2D eigenvalue weighted by molar-refractivity contribution is 6.30. The molecule has 0 atom stereocenters. The SMILES string of the molecule is CCN(CC(N)=O)c1ccc(Cl)cc1CNC1CC1. The lowest BCUT2D eigenvalue weighted by Gasteiger charge is -2.24. The Kier molecular flexibility index (Phi) is 4.66. The molecule has 0 bridgehead atoms. The summed E-state index contributed by atoms with van der Waals surface area (Å²) >= 11 is 6.06. The number of nitrogens with one attached hydrogen (secondary N) is 1. The minimum atomic E-state index is -0.321. The lowest BCUT2D eigenvalue weighted by molar-refractivity contribution is -0.116. The Morgan fingerprint density at radius 2 is 2.26 bits per heavy atom. The van der Waals surface area contributed by atoms with E-state index in [0.29, 0.717) is 11.1 Å². The van der Waals surface area contributed by atoms with E-state index >= 15 is 0 Å². The molecule has 0 unspecified atom stereocenters. The van der Waals surface area contributed by atoms with Crippen LogP contribution in [0.1, 0.15) is 25.3 Å². The Bertz CT molecular complexity index is 460. The van der Waals surface area contributed by atoms with Crippen molar-refractivity contribution in [2.24, 2.45) is 5.73 Å². The average molecular weight is 282 g/mol. The van der Waals surface area contributed by atoms with Gasteiger partial charge in [-0.2, -0.15) is 0 Å². The second kappa shape index (κ2) is 6.26. The minimum Gasteiger partial charge on any atom is -0.368 e. The number of nitrogens with zero attached hydrogens (tertiary/aromatic N) is 1. The first-order valence-electron chi connectivity index (χ1n) is 6.65. The van der Waals surface area contributed by atoms with Gasteiger partial charge in [-0.15, -0.1) is 0 Å². The number of halogens is 1. The van der Waals surface area contributed by atoms with Crippen LogP contribution in [0.15, 0.2) is 18.2 Å². The quantitative estimate of drug-likeness (QED) is 0.803. The van der Waals surface area contributed by atoms with Crippen LogP contribution in [0, 0.1) is 0 Å². The molecule has 1 fully saturated rings. The van der Waals surface area contributed by atoms with E-state index in [2.05, 4.69) is 5.32 Å². The summed E-state index contributed by atoms with van der Waals surface area (Å²) in [4.78, 5) is 13.1. The second-order valence-electron chi connectivity index (χ2n) is 4.91. The van der Waals surface area contributed by atoms with Gasteiger partial charge in [-0.1, -0.05) is 11.6 Å². The van der Waals surface area contributed by atoms with Gasteiger partial charge >= 0.3 is 0 Å². The van der Waals surface area contributed by atoms with Crippen molar-refractivity contribution in [2.45, 2.75) is 32.4 Å². The maximum atomic E-state index is 11.1. The summed E-state index contributed by atoms with van der Waals surface area (Å²) < 4.78 is 0. The molecular weight excluding hydrogens is 262 g/mol. The van der Waals surface area contributed by atoms with Crippen LogP contribution < -0.4 is 16.0 Å². The summed E-state index contributed by atoms with van der Waals surface area (Å²) in [6, 6.07) is 6.40. The standard InChI is InChI=1S/C14H20ClN3O/c1-2-18(9-14(16)19)13-6-3-11(15)7-10(13)8-17-12-4-5-12/h3,6-7,12,17H,2,4-5,8-9H2,1H3,(H2,16,19). The molecule has 0 saturated heterocycles. The molecule has 1 aliphatic rings. The third kappa shape index (κ3) is 4.11. The summed E-state index contributed by atoms with van der Waals surface area (Å²) in [5.41, 5.74) is 7.44. The van der Waals surface area contributed by atoms with Gasteiger partial charge in [-0.05, 0) is 43.5 Å². The number of carbonyl (C=O) groups excluding carboxylic acids is 1. The first-order valence-corrected chi connectivity index (χ1v) is 7.03. The zero-order valence-corrected chi connectivity index (χ0v) is 11.9. The monoisotopic (exact) mass is 281 g/mol. The summed E-state index contributed by atoms with van der Waals surface area (Å²) in [6.07, 6.45) is 2.49. The molecule has 0 aliphatic heterocycles. The maximum Gasteiger partial charge on any atom is 0.236 e. The Balaban J connectivity index is 2.17. The molecule has 0 heterocycles. The first kappa shape index (κ1) is 14.2.